The van der Waals surface area contributed by atoms with Gasteiger partial charge in [0, 0.05) is 11.7 Å². The highest BCUT2D eigenvalue weighted by Gasteiger charge is 2.48. The van der Waals surface area contributed by atoms with E-state index in [-0.39, 0.29) is 6.03 Å². The summed E-state index contributed by atoms with van der Waals surface area (Å²) in [7, 11) is 1.66. The van der Waals surface area contributed by atoms with Crippen molar-refractivity contribution in [2.45, 2.75) is 51.5 Å². The predicted molar refractivity (Wildman–Crippen MR) is 95.3 cm³/mol. The van der Waals surface area contributed by atoms with Crippen molar-refractivity contribution in [1.29, 1.82) is 0 Å². The maximum Gasteiger partial charge on any atom is 0.319 e. The van der Waals surface area contributed by atoms with Crippen molar-refractivity contribution in [3.63, 3.8) is 0 Å². The van der Waals surface area contributed by atoms with Gasteiger partial charge in [-0.2, -0.15) is 0 Å². The summed E-state index contributed by atoms with van der Waals surface area (Å²) in [5.41, 5.74) is 1.88. The third-order valence-electron chi connectivity index (χ3n) is 6.63. The van der Waals surface area contributed by atoms with Gasteiger partial charge in [0.1, 0.15) is 5.75 Å². The molecule has 3 saturated carbocycles. The molecule has 0 aliphatic heterocycles. The molecule has 4 rings (SSSR count). The fraction of sp³-hybridized carbons (Fsp3) is 0.650. The maximum atomic E-state index is 12.6. The number of anilines is 1. The van der Waals surface area contributed by atoms with Crippen LogP contribution >= 0.6 is 0 Å². The van der Waals surface area contributed by atoms with Crippen LogP contribution in [0.1, 0.15) is 44.1 Å². The molecule has 3 aliphatic carbocycles. The largest absolute Gasteiger partial charge is 0.497 e. The first-order chi connectivity index (χ1) is 11.6. The minimum absolute atomic E-state index is 0.0549. The number of urea groups is 1. The number of rotatable bonds is 3. The van der Waals surface area contributed by atoms with Crippen LogP contribution in [0.3, 0.4) is 0 Å². The Morgan fingerprint density at radius 1 is 1.08 bits per heavy atom. The van der Waals surface area contributed by atoms with Gasteiger partial charge in [0.25, 0.3) is 0 Å². The van der Waals surface area contributed by atoms with Crippen molar-refractivity contribution in [1.82, 2.24) is 5.32 Å². The Bertz CT molecular complexity index is 630. The first-order valence-electron chi connectivity index (χ1n) is 9.36. The lowest BCUT2D eigenvalue weighted by Crippen LogP contribution is -2.48. The Morgan fingerprint density at radius 3 is 2.62 bits per heavy atom. The molecular formula is C20H28N2O2. The van der Waals surface area contributed by atoms with E-state index >= 15 is 0 Å². The monoisotopic (exact) mass is 328 g/mol. The van der Waals surface area contributed by atoms with Gasteiger partial charge in [0.2, 0.25) is 0 Å². The number of hydrogen-bond acceptors (Lipinski definition) is 2. The first-order valence-corrected chi connectivity index (χ1v) is 9.36. The van der Waals surface area contributed by atoms with Crippen LogP contribution in [0.5, 0.6) is 5.75 Å². The topological polar surface area (TPSA) is 50.4 Å². The lowest BCUT2D eigenvalue weighted by molar-refractivity contribution is 0.179. The first kappa shape index (κ1) is 15.8. The van der Waals surface area contributed by atoms with Gasteiger partial charge in [-0.3, -0.25) is 0 Å². The maximum absolute atomic E-state index is 12.6. The zero-order valence-electron chi connectivity index (χ0n) is 14.7. The zero-order chi connectivity index (χ0) is 16.7. The van der Waals surface area contributed by atoms with E-state index in [1.807, 2.05) is 25.1 Å². The molecule has 130 valence electrons. The summed E-state index contributed by atoms with van der Waals surface area (Å²) in [4.78, 5) is 12.6. The third-order valence-corrected chi connectivity index (χ3v) is 6.63. The number of aryl methyl sites for hydroxylation is 1. The number of amides is 2. The zero-order valence-corrected chi connectivity index (χ0v) is 14.7. The molecule has 2 N–H and O–H groups in total. The van der Waals surface area contributed by atoms with E-state index in [4.69, 9.17) is 4.74 Å². The van der Waals surface area contributed by atoms with Crippen LogP contribution in [0, 0.1) is 30.6 Å². The molecule has 3 unspecified atom stereocenters. The van der Waals surface area contributed by atoms with E-state index in [9.17, 15) is 4.79 Å². The normalized spacial score (nSPS) is 33.8. The van der Waals surface area contributed by atoms with E-state index in [1.54, 1.807) is 7.11 Å². The Labute approximate surface area is 144 Å². The second kappa shape index (κ2) is 6.30. The molecule has 0 aromatic heterocycles. The molecule has 4 heteroatoms. The van der Waals surface area contributed by atoms with Crippen LogP contribution in [-0.2, 0) is 0 Å². The fourth-order valence-corrected chi connectivity index (χ4v) is 5.50. The van der Waals surface area contributed by atoms with Gasteiger partial charge in [-0.05, 0) is 80.0 Å². The number of nitrogens with one attached hydrogen (secondary N) is 2. The molecule has 3 fully saturated rings. The van der Waals surface area contributed by atoms with Crippen molar-refractivity contribution in [3.05, 3.63) is 23.8 Å². The molecule has 3 aliphatic rings. The van der Waals surface area contributed by atoms with E-state index in [0.717, 1.165) is 28.8 Å². The third kappa shape index (κ3) is 2.87. The summed E-state index contributed by atoms with van der Waals surface area (Å²) < 4.78 is 5.23. The van der Waals surface area contributed by atoms with Gasteiger partial charge in [-0.25, -0.2) is 4.79 Å². The van der Waals surface area contributed by atoms with Crippen molar-refractivity contribution in [3.8, 4) is 5.75 Å². The van der Waals surface area contributed by atoms with Gasteiger partial charge >= 0.3 is 6.03 Å². The molecule has 4 nitrogen and oxygen atoms in total. The average molecular weight is 328 g/mol. The lowest BCUT2D eigenvalue weighted by Gasteiger charge is -2.37. The van der Waals surface area contributed by atoms with Gasteiger partial charge in [0.05, 0.1) is 7.11 Å². The molecule has 0 spiro atoms. The summed E-state index contributed by atoms with van der Waals surface area (Å²) in [6, 6.07) is 6.06. The molecular weight excluding hydrogens is 300 g/mol. The molecule has 0 radical (unpaired) electrons. The minimum atomic E-state index is -0.0549. The van der Waals surface area contributed by atoms with Crippen molar-refractivity contribution < 1.29 is 9.53 Å². The summed E-state index contributed by atoms with van der Waals surface area (Å²) in [6.45, 7) is 1.99. The lowest BCUT2D eigenvalue weighted by atomic mass is 9.75. The van der Waals surface area contributed by atoms with Crippen molar-refractivity contribution in [2.24, 2.45) is 23.7 Å². The van der Waals surface area contributed by atoms with Crippen LogP contribution in [0.15, 0.2) is 18.2 Å². The molecule has 3 bridgehead atoms. The van der Waals surface area contributed by atoms with E-state index in [2.05, 4.69) is 10.6 Å². The highest BCUT2D eigenvalue weighted by atomic mass is 16.5. The molecule has 0 saturated heterocycles. The summed E-state index contributed by atoms with van der Waals surface area (Å²) in [5.74, 6) is 4.06. The number of hydrogen-bond donors (Lipinski definition) is 2. The van der Waals surface area contributed by atoms with Gasteiger partial charge in [0.15, 0.2) is 0 Å². The summed E-state index contributed by atoms with van der Waals surface area (Å²) in [6.07, 6.45) is 8.03. The standard InChI is InChI=1S/C20H28N2O2/c1-12-8-17(24-2)6-7-18(12)21-20(23)22-19-14-5-3-4-13-9-16(19)11-15(13)10-14/h6-8,13-16,19H,3-5,9-11H2,1-2H3,(H2,21,22,23)/t13-,14+,15?,16?,19?/m1/s1. The van der Waals surface area contributed by atoms with Crippen LogP contribution < -0.4 is 15.4 Å². The SMILES string of the molecule is COc1ccc(NC(=O)NC2C3CC4C[C@@H]2CCC[C@@H]4C3)c(C)c1. The number of benzene rings is 1. The number of carbonyl (C=O) groups excluding carboxylic acids is 1. The van der Waals surface area contributed by atoms with Crippen LogP contribution in [-0.4, -0.2) is 19.2 Å². The Morgan fingerprint density at radius 2 is 1.83 bits per heavy atom. The summed E-state index contributed by atoms with van der Waals surface area (Å²) in [5, 5.41) is 6.36. The second-order valence-corrected chi connectivity index (χ2v) is 7.98. The number of ether oxygens (including phenoxy) is 1. The summed E-state index contributed by atoms with van der Waals surface area (Å²) >= 11 is 0. The van der Waals surface area contributed by atoms with Gasteiger partial charge in [-0.1, -0.05) is 12.8 Å². The van der Waals surface area contributed by atoms with Crippen LogP contribution in [0.4, 0.5) is 10.5 Å². The molecule has 24 heavy (non-hydrogen) atoms. The van der Waals surface area contributed by atoms with E-state index in [0.29, 0.717) is 17.9 Å². The van der Waals surface area contributed by atoms with Crippen LogP contribution in [0.2, 0.25) is 0 Å². The Balaban J connectivity index is 1.43. The van der Waals surface area contributed by atoms with Crippen molar-refractivity contribution >= 4 is 11.7 Å². The molecule has 1 aromatic rings. The second-order valence-electron chi connectivity index (χ2n) is 7.98. The van der Waals surface area contributed by atoms with Gasteiger partial charge in [-0.15, -0.1) is 0 Å². The Hall–Kier alpha value is -1.71. The Kier molecular flexibility index (Phi) is 4.15. The molecule has 1 aromatic carbocycles. The predicted octanol–water partition coefficient (Wildman–Crippen LogP) is 4.34. The van der Waals surface area contributed by atoms with Gasteiger partial charge < -0.3 is 15.4 Å². The van der Waals surface area contributed by atoms with E-state index in [1.165, 1.54) is 38.5 Å². The number of fused-ring (bicyclic) bond motifs is 2. The van der Waals surface area contributed by atoms with E-state index < -0.39 is 0 Å². The highest BCUT2D eigenvalue weighted by Crippen LogP contribution is 2.53. The average Bonchev–Trinajstić information content (AvgIpc) is 2.81. The molecule has 5 atom stereocenters. The number of carbonyl (C=O) groups is 1. The molecule has 2 amide bonds. The quantitative estimate of drug-likeness (QED) is 0.867. The number of methoxy groups -OCH3 is 1. The smallest absolute Gasteiger partial charge is 0.319 e. The molecule has 0 heterocycles. The fourth-order valence-electron chi connectivity index (χ4n) is 5.50. The minimum Gasteiger partial charge on any atom is -0.497 e. The van der Waals surface area contributed by atoms with Crippen LogP contribution in [0.25, 0.3) is 0 Å². The highest BCUT2D eigenvalue weighted by molar-refractivity contribution is 5.90. The van der Waals surface area contributed by atoms with Crippen molar-refractivity contribution in [2.75, 3.05) is 12.4 Å².